The molecule has 0 fully saturated rings. The summed E-state index contributed by atoms with van der Waals surface area (Å²) in [5.41, 5.74) is 2.15. The van der Waals surface area contributed by atoms with Crippen LogP contribution in [0.4, 0.5) is 0 Å². The van der Waals surface area contributed by atoms with Gasteiger partial charge in [0.1, 0.15) is 11.4 Å². The Morgan fingerprint density at radius 3 is 2.74 bits per heavy atom. The molecule has 0 unspecified atom stereocenters. The van der Waals surface area contributed by atoms with E-state index >= 15 is 0 Å². The standard InChI is InChI=1S/C18H16N2O2S/c1-11-17(23-13-6-7-20-16(21)9-13)14-8-12(10-19)4-5-15(14)22-18(11,2)3/h4-9H,1-3H3,(H,20,21). The van der Waals surface area contributed by atoms with Crippen molar-refractivity contribution in [2.24, 2.45) is 0 Å². The molecular formula is C18H16N2O2S. The molecule has 2 aromatic rings. The first kappa shape index (κ1) is 15.4. The van der Waals surface area contributed by atoms with Crippen LogP contribution < -0.4 is 4.74 Å². The van der Waals surface area contributed by atoms with Gasteiger partial charge in [0.25, 0.3) is 0 Å². The Bertz CT molecular complexity index is 850. The first-order valence-corrected chi connectivity index (χ1v) is 8.00. The fourth-order valence-electron chi connectivity index (χ4n) is 2.41. The van der Waals surface area contributed by atoms with Crippen LogP contribution in [-0.4, -0.2) is 15.7 Å². The van der Waals surface area contributed by atoms with Gasteiger partial charge in [-0.25, -0.2) is 4.98 Å². The molecule has 1 N–H and O–H groups in total. The number of pyridine rings is 1. The summed E-state index contributed by atoms with van der Waals surface area (Å²) < 4.78 is 6.08. The van der Waals surface area contributed by atoms with Gasteiger partial charge in [0.2, 0.25) is 5.88 Å². The molecule has 3 rings (SSSR count). The molecule has 0 amide bonds. The van der Waals surface area contributed by atoms with E-state index in [0.29, 0.717) is 5.56 Å². The Morgan fingerprint density at radius 2 is 2.04 bits per heavy atom. The first-order chi connectivity index (χ1) is 10.9. The lowest BCUT2D eigenvalue weighted by atomic mass is 9.93. The van der Waals surface area contributed by atoms with Crippen LogP contribution in [-0.2, 0) is 0 Å². The lowest BCUT2D eigenvalue weighted by Gasteiger charge is -2.35. The van der Waals surface area contributed by atoms with Crippen LogP contribution in [0.1, 0.15) is 31.9 Å². The summed E-state index contributed by atoms with van der Waals surface area (Å²) in [7, 11) is 0. The molecule has 1 aromatic heterocycles. The third kappa shape index (κ3) is 2.90. The van der Waals surface area contributed by atoms with Crippen LogP contribution in [0.5, 0.6) is 11.6 Å². The quantitative estimate of drug-likeness (QED) is 0.889. The summed E-state index contributed by atoms with van der Waals surface area (Å²) in [4.78, 5) is 5.74. The van der Waals surface area contributed by atoms with E-state index in [1.54, 1.807) is 30.1 Å². The minimum atomic E-state index is -0.432. The third-order valence-electron chi connectivity index (χ3n) is 3.90. The number of rotatable bonds is 2. The number of thioether (sulfide) groups is 1. The summed E-state index contributed by atoms with van der Waals surface area (Å²) in [5, 5.41) is 18.7. The van der Waals surface area contributed by atoms with E-state index in [1.165, 1.54) is 0 Å². The maximum absolute atomic E-state index is 9.58. The van der Waals surface area contributed by atoms with E-state index in [0.717, 1.165) is 26.7 Å². The molecule has 0 saturated heterocycles. The minimum Gasteiger partial charge on any atom is -0.493 e. The molecule has 23 heavy (non-hydrogen) atoms. The van der Waals surface area contributed by atoms with Gasteiger partial charge in [0.15, 0.2) is 0 Å². The van der Waals surface area contributed by atoms with E-state index in [2.05, 4.69) is 11.1 Å². The predicted molar refractivity (Wildman–Crippen MR) is 90.2 cm³/mol. The van der Waals surface area contributed by atoms with Crippen molar-refractivity contribution >= 4 is 16.7 Å². The van der Waals surface area contributed by atoms with Crippen LogP contribution in [0.25, 0.3) is 4.91 Å². The number of hydrogen-bond donors (Lipinski definition) is 1. The molecule has 0 saturated carbocycles. The first-order valence-electron chi connectivity index (χ1n) is 7.18. The van der Waals surface area contributed by atoms with Gasteiger partial charge in [-0.05, 0) is 50.6 Å². The Hall–Kier alpha value is -2.45. The van der Waals surface area contributed by atoms with Gasteiger partial charge in [-0.15, -0.1) is 0 Å². The summed E-state index contributed by atoms with van der Waals surface area (Å²) in [6.45, 7) is 6.08. The van der Waals surface area contributed by atoms with Crippen molar-refractivity contribution in [2.45, 2.75) is 31.3 Å². The smallest absolute Gasteiger partial charge is 0.211 e. The number of fused-ring (bicyclic) bond motifs is 1. The van der Waals surface area contributed by atoms with Crippen molar-refractivity contribution in [3.05, 3.63) is 53.2 Å². The van der Waals surface area contributed by atoms with Crippen molar-refractivity contribution in [1.29, 1.82) is 5.26 Å². The largest absolute Gasteiger partial charge is 0.493 e. The third-order valence-corrected chi connectivity index (χ3v) is 5.12. The predicted octanol–water partition coefficient (Wildman–Crippen LogP) is 4.35. The highest BCUT2D eigenvalue weighted by molar-refractivity contribution is 8.08. The number of nitriles is 1. The molecule has 0 atom stereocenters. The molecule has 0 bridgehead atoms. The highest BCUT2D eigenvalue weighted by atomic mass is 32.2. The van der Waals surface area contributed by atoms with E-state index < -0.39 is 5.60 Å². The van der Waals surface area contributed by atoms with Gasteiger partial charge in [-0.2, -0.15) is 5.26 Å². The second-order valence-corrected chi connectivity index (χ2v) is 6.92. The van der Waals surface area contributed by atoms with Crippen LogP contribution in [0.2, 0.25) is 0 Å². The number of nitrogens with zero attached hydrogens (tertiary/aromatic N) is 2. The maximum atomic E-state index is 9.58. The summed E-state index contributed by atoms with van der Waals surface area (Å²) in [6, 6.07) is 11.1. The zero-order chi connectivity index (χ0) is 16.6. The monoisotopic (exact) mass is 324 g/mol. The highest BCUT2D eigenvalue weighted by Crippen LogP contribution is 2.48. The number of aromatic hydroxyl groups is 1. The lowest BCUT2D eigenvalue weighted by molar-refractivity contribution is 0.145. The molecule has 116 valence electrons. The molecule has 5 heteroatoms. The number of ether oxygens (including phenoxy) is 1. The van der Waals surface area contributed by atoms with Gasteiger partial charge in [0, 0.05) is 27.6 Å². The van der Waals surface area contributed by atoms with Gasteiger partial charge < -0.3 is 9.84 Å². The van der Waals surface area contributed by atoms with Crippen molar-refractivity contribution in [3.8, 4) is 17.7 Å². The fraction of sp³-hybridized carbons (Fsp3) is 0.222. The highest BCUT2D eigenvalue weighted by Gasteiger charge is 2.33. The molecule has 1 aromatic carbocycles. The summed E-state index contributed by atoms with van der Waals surface area (Å²) in [5.74, 6) is 0.756. The Morgan fingerprint density at radius 1 is 1.26 bits per heavy atom. The lowest BCUT2D eigenvalue weighted by Crippen LogP contribution is -2.33. The second kappa shape index (κ2) is 5.64. The molecule has 0 aliphatic carbocycles. The van der Waals surface area contributed by atoms with Crippen LogP contribution >= 0.6 is 11.8 Å². The Kier molecular flexibility index (Phi) is 3.78. The molecule has 0 spiro atoms. The average molecular weight is 324 g/mol. The Labute approximate surface area is 139 Å². The van der Waals surface area contributed by atoms with Crippen LogP contribution in [0, 0.1) is 11.3 Å². The Balaban J connectivity index is 2.13. The van der Waals surface area contributed by atoms with Gasteiger partial charge in [-0.3, -0.25) is 0 Å². The molecule has 2 heterocycles. The van der Waals surface area contributed by atoms with E-state index in [1.807, 2.05) is 39.0 Å². The van der Waals surface area contributed by atoms with Crippen LogP contribution in [0.3, 0.4) is 0 Å². The fourth-order valence-corrected chi connectivity index (χ4v) is 3.60. The zero-order valence-corrected chi connectivity index (χ0v) is 13.9. The van der Waals surface area contributed by atoms with Crippen molar-refractivity contribution < 1.29 is 9.84 Å². The van der Waals surface area contributed by atoms with Crippen molar-refractivity contribution in [2.75, 3.05) is 0 Å². The SMILES string of the molecule is CC1=C(Sc2ccnc(O)c2)c2cc(C#N)ccc2OC1(C)C. The molecule has 1 aliphatic heterocycles. The van der Waals surface area contributed by atoms with E-state index in [4.69, 9.17) is 10.00 Å². The van der Waals surface area contributed by atoms with Gasteiger partial charge in [-0.1, -0.05) is 11.8 Å². The van der Waals surface area contributed by atoms with Crippen molar-refractivity contribution in [1.82, 2.24) is 4.98 Å². The normalized spacial score (nSPS) is 15.6. The van der Waals surface area contributed by atoms with Crippen LogP contribution in [0.15, 0.2) is 47.0 Å². The number of benzene rings is 1. The second-order valence-electron chi connectivity index (χ2n) is 5.84. The number of hydrogen-bond acceptors (Lipinski definition) is 5. The topological polar surface area (TPSA) is 66.1 Å². The average Bonchev–Trinajstić information content (AvgIpc) is 2.51. The summed E-state index contributed by atoms with van der Waals surface area (Å²) in [6.07, 6.45) is 1.57. The molecular weight excluding hydrogens is 308 g/mol. The van der Waals surface area contributed by atoms with Gasteiger partial charge >= 0.3 is 0 Å². The number of aromatic nitrogens is 1. The maximum Gasteiger partial charge on any atom is 0.211 e. The van der Waals surface area contributed by atoms with Crippen molar-refractivity contribution in [3.63, 3.8) is 0 Å². The zero-order valence-electron chi connectivity index (χ0n) is 13.1. The molecule has 4 nitrogen and oxygen atoms in total. The van der Waals surface area contributed by atoms with E-state index in [-0.39, 0.29) is 5.88 Å². The molecule has 1 aliphatic rings. The van der Waals surface area contributed by atoms with E-state index in [9.17, 15) is 5.11 Å². The summed E-state index contributed by atoms with van der Waals surface area (Å²) >= 11 is 1.54. The van der Waals surface area contributed by atoms with Gasteiger partial charge in [0.05, 0.1) is 11.6 Å². The minimum absolute atomic E-state index is 0.00873. The molecule has 0 radical (unpaired) electrons.